The van der Waals surface area contributed by atoms with Crippen molar-refractivity contribution in [3.05, 3.63) is 0 Å². The highest BCUT2D eigenvalue weighted by molar-refractivity contribution is 5.84. The summed E-state index contributed by atoms with van der Waals surface area (Å²) in [5, 5.41) is 13.8. The zero-order valence-electron chi connectivity index (χ0n) is 9.38. The monoisotopic (exact) mass is 216 g/mol. The molecule has 5 heteroatoms. The van der Waals surface area contributed by atoms with E-state index >= 15 is 0 Å². The molecule has 3 N–H and O–H groups in total. The molecule has 1 atom stereocenters. The second-order valence-corrected chi connectivity index (χ2v) is 3.62. The molecule has 0 fully saturated rings. The van der Waals surface area contributed by atoms with Gasteiger partial charge in [0.25, 0.3) is 0 Å². The maximum Gasteiger partial charge on any atom is 0.239 e. The Balaban J connectivity index is 3.53. The number of hydrogen-bond donors (Lipinski definition) is 3. The molecular formula is C10H20N2O3. The summed E-state index contributed by atoms with van der Waals surface area (Å²) in [5.41, 5.74) is 0. The molecule has 0 bridgehead atoms. The first-order valence-corrected chi connectivity index (χ1v) is 5.24. The van der Waals surface area contributed by atoms with Gasteiger partial charge in [0.05, 0.1) is 6.54 Å². The van der Waals surface area contributed by atoms with Crippen molar-refractivity contribution in [2.75, 3.05) is 19.7 Å². The number of amides is 2. The van der Waals surface area contributed by atoms with Gasteiger partial charge < -0.3 is 15.7 Å². The number of aliphatic hydroxyl groups is 1. The number of rotatable bonds is 7. The van der Waals surface area contributed by atoms with Crippen LogP contribution in [-0.4, -0.2) is 36.6 Å². The average molecular weight is 216 g/mol. The molecule has 5 nitrogen and oxygen atoms in total. The zero-order valence-corrected chi connectivity index (χ0v) is 9.38. The normalized spacial score (nSPS) is 11.9. The van der Waals surface area contributed by atoms with Gasteiger partial charge in [-0.05, 0) is 12.3 Å². The number of aliphatic hydroxyl groups excluding tert-OH is 1. The molecule has 0 aliphatic heterocycles. The third-order valence-corrected chi connectivity index (χ3v) is 1.88. The maximum atomic E-state index is 11.2. The minimum absolute atomic E-state index is 0.0109. The van der Waals surface area contributed by atoms with Crippen molar-refractivity contribution in [1.29, 1.82) is 0 Å². The van der Waals surface area contributed by atoms with Crippen LogP contribution in [0.5, 0.6) is 0 Å². The fraction of sp³-hybridized carbons (Fsp3) is 0.800. The smallest absolute Gasteiger partial charge is 0.239 e. The lowest BCUT2D eigenvalue weighted by molar-refractivity contribution is -0.126. The number of nitrogens with one attached hydrogen (secondary N) is 2. The van der Waals surface area contributed by atoms with Crippen LogP contribution in [0.1, 0.15) is 26.7 Å². The van der Waals surface area contributed by atoms with Gasteiger partial charge in [0.15, 0.2) is 0 Å². The minimum Gasteiger partial charge on any atom is -0.396 e. The first-order chi connectivity index (χ1) is 7.10. The van der Waals surface area contributed by atoms with Crippen LogP contribution in [0.3, 0.4) is 0 Å². The highest BCUT2D eigenvalue weighted by Crippen LogP contribution is 1.88. The van der Waals surface area contributed by atoms with E-state index in [1.165, 1.54) is 0 Å². The van der Waals surface area contributed by atoms with E-state index in [1.807, 2.05) is 13.8 Å². The van der Waals surface area contributed by atoms with E-state index in [9.17, 15) is 9.59 Å². The van der Waals surface area contributed by atoms with E-state index in [2.05, 4.69) is 10.6 Å². The lowest BCUT2D eigenvalue weighted by atomic mass is 10.2. The summed E-state index contributed by atoms with van der Waals surface area (Å²) in [6.45, 7) is 4.22. The maximum absolute atomic E-state index is 11.2. The average Bonchev–Trinajstić information content (AvgIpc) is 2.23. The van der Waals surface area contributed by atoms with Gasteiger partial charge in [0, 0.05) is 19.6 Å². The Bertz CT molecular complexity index is 207. The van der Waals surface area contributed by atoms with Gasteiger partial charge >= 0.3 is 0 Å². The van der Waals surface area contributed by atoms with E-state index < -0.39 is 0 Å². The standard InChI is InChI=1S/C10H20N2O3/c1-3-4-9(14)12-6-10(15)11-5-8(2)7-13/h8,13H,3-7H2,1-2H3,(H,11,15)(H,12,14). The van der Waals surface area contributed by atoms with Crippen LogP contribution in [0, 0.1) is 5.92 Å². The third-order valence-electron chi connectivity index (χ3n) is 1.88. The molecule has 0 saturated carbocycles. The lowest BCUT2D eigenvalue weighted by Crippen LogP contribution is -2.38. The molecule has 0 spiro atoms. The summed E-state index contributed by atoms with van der Waals surface area (Å²) < 4.78 is 0. The van der Waals surface area contributed by atoms with Crippen LogP contribution in [0.25, 0.3) is 0 Å². The van der Waals surface area contributed by atoms with Crippen LogP contribution in [0.4, 0.5) is 0 Å². The Hall–Kier alpha value is -1.10. The van der Waals surface area contributed by atoms with Crippen molar-refractivity contribution in [2.45, 2.75) is 26.7 Å². The second-order valence-electron chi connectivity index (χ2n) is 3.62. The molecule has 0 aliphatic carbocycles. The van der Waals surface area contributed by atoms with Gasteiger partial charge in [-0.25, -0.2) is 0 Å². The van der Waals surface area contributed by atoms with E-state index in [4.69, 9.17) is 5.11 Å². The van der Waals surface area contributed by atoms with E-state index in [0.29, 0.717) is 13.0 Å². The Morgan fingerprint density at radius 3 is 2.47 bits per heavy atom. The van der Waals surface area contributed by atoms with E-state index in [0.717, 1.165) is 6.42 Å². The Labute approximate surface area is 90.2 Å². The molecule has 15 heavy (non-hydrogen) atoms. The molecule has 0 aromatic rings. The lowest BCUT2D eigenvalue weighted by Gasteiger charge is -2.09. The molecule has 88 valence electrons. The van der Waals surface area contributed by atoms with Crippen molar-refractivity contribution < 1.29 is 14.7 Å². The van der Waals surface area contributed by atoms with Crippen LogP contribution in [-0.2, 0) is 9.59 Å². The predicted octanol–water partition coefficient (Wildman–Crippen LogP) is -0.353. The Morgan fingerprint density at radius 2 is 1.93 bits per heavy atom. The highest BCUT2D eigenvalue weighted by Gasteiger charge is 2.05. The van der Waals surface area contributed by atoms with Crippen LogP contribution in [0.2, 0.25) is 0 Å². The number of carbonyl (C=O) groups is 2. The fourth-order valence-corrected chi connectivity index (χ4v) is 0.909. The molecular weight excluding hydrogens is 196 g/mol. The molecule has 0 heterocycles. The summed E-state index contributed by atoms with van der Waals surface area (Å²) in [6.07, 6.45) is 1.22. The van der Waals surface area contributed by atoms with Crippen LogP contribution < -0.4 is 10.6 Å². The van der Waals surface area contributed by atoms with Crippen molar-refractivity contribution in [3.63, 3.8) is 0 Å². The van der Waals surface area contributed by atoms with Gasteiger partial charge in [0.2, 0.25) is 11.8 Å². The van der Waals surface area contributed by atoms with Gasteiger partial charge in [-0.3, -0.25) is 9.59 Å². The molecule has 2 amide bonds. The summed E-state index contributed by atoms with van der Waals surface area (Å²) in [5.74, 6) is -0.289. The SMILES string of the molecule is CCCC(=O)NCC(=O)NCC(C)CO. The molecule has 0 rings (SSSR count). The summed E-state index contributed by atoms with van der Waals surface area (Å²) in [6, 6.07) is 0. The molecule has 0 radical (unpaired) electrons. The summed E-state index contributed by atoms with van der Waals surface area (Å²) >= 11 is 0. The van der Waals surface area contributed by atoms with E-state index in [-0.39, 0.29) is 30.9 Å². The second kappa shape index (κ2) is 8.23. The van der Waals surface area contributed by atoms with Crippen LogP contribution >= 0.6 is 0 Å². The fourth-order valence-electron chi connectivity index (χ4n) is 0.909. The minimum atomic E-state index is -0.222. The molecule has 0 aromatic carbocycles. The van der Waals surface area contributed by atoms with Crippen molar-refractivity contribution in [3.8, 4) is 0 Å². The van der Waals surface area contributed by atoms with Crippen molar-refractivity contribution in [2.24, 2.45) is 5.92 Å². The quantitative estimate of drug-likeness (QED) is 0.544. The Kier molecular flexibility index (Phi) is 7.62. The topological polar surface area (TPSA) is 78.4 Å². The van der Waals surface area contributed by atoms with Crippen LogP contribution in [0.15, 0.2) is 0 Å². The molecule has 1 unspecified atom stereocenters. The third kappa shape index (κ3) is 7.93. The predicted molar refractivity (Wildman–Crippen MR) is 57.2 cm³/mol. The van der Waals surface area contributed by atoms with Gasteiger partial charge in [-0.15, -0.1) is 0 Å². The number of hydrogen-bond acceptors (Lipinski definition) is 3. The first-order valence-electron chi connectivity index (χ1n) is 5.24. The highest BCUT2D eigenvalue weighted by atomic mass is 16.3. The molecule has 0 aliphatic rings. The number of carbonyl (C=O) groups excluding carboxylic acids is 2. The van der Waals surface area contributed by atoms with Crippen molar-refractivity contribution in [1.82, 2.24) is 10.6 Å². The first kappa shape index (κ1) is 13.9. The van der Waals surface area contributed by atoms with Gasteiger partial charge in [0.1, 0.15) is 0 Å². The summed E-state index contributed by atoms with van der Waals surface area (Å²) in [7, 11) is 0. The largest absolute Gasteiger partial charge is 0.396 e. The summed E-state index contributed by atoms with van der Waals surface area (Å²) in [4.78, 5) is 22.2. The van der Waals surface area contributed by atoms with Gasteiger partial charge in [-0.1, -0.05) is 13.8 Å². The molecule has 0 aromatic heterocycles. The Morgan fingerprint density at radius 1 is 1.27 bits per heavy atom. The molecule has 0 saturated heterocycles. The van der Waals surface area contributed by atoms with E-state index in [1.54, 1.807) is 0 Å². The van der Waals surface area contributed by atoms with Crippen molar-refractivity contribution >= 4 is 11.8 Å². The van der Waals surface area contributed by atoms with Gasteiger partial charge in [-0.2, -0.15) is 0 Å². The zero-order chi connectivity index (χ0) is 11.7.